The van der Waals surface area contributed by atoms with Gasteiger partial charge in [-0.25, -0.2) is 26.3 Å². The number of rotatable bonds is 7. The minimum atomic E-state index is -2.18. The number of unbranched alkanes of at least 4 members (excludes halogenated alkanes) is 2. The van der Waals surface area contributed by atoms with Crippen LogP contribution in [0.2, 0.25) is 0 Å². The molecule has 1 fully saturated rings. The van der Waals surface area contributed by atoms with E-state index in [1.807, 2.05) is 6.92 Å². The Kier molecular flexibility index (Phi) is 7.69. The summed E-state index contributed by atoms with van der Waals surface area (Å²) >= 11 is 0. The predicted octanol–water partition coefficient (Wildman–Crippen LogP) is 7.59. The third-order valence-corrected chi connectivity index (χ3v) is 6.58. The largest absolute Gasteiger partial charge is 0.339 e. The summed E-state index contributed by atoms with van der Waals surface area (Å²) < 4.78 is 96.2. The molecule has 1 heterocycles. The van der Waals surface area contributed by atoms with Crippen LogP contribution in [-0.2, 0) is 15.4 Å². The Bertz CT molecular complexity index is 1260. The maximum atomic E-state index is 15.0. The Morgan fingerprint density at radius 1 is 0.757 bits per heavy atom. The lowest BCUT2D eigenvalue weighted by molar-refractivity contribution is -0.415. The highest BCUT2D eigenvalue weighted by Gasteiger charge is 2.42. The van der Waals surface area contributed by atoms with Gasteiger partial charge in [0.15, 0.2) is 17.5 Å². The van der Waals surface area contributed by atoms with E-state index in [2.05, 4.69) is 6.92 Å². The fourth-order valence-electron chi connectivity index (χ4n) is 4.39. The summed E-state index contributed by atoms with van der Waals surface area (Å²) in [5, 5.41) is 10.8. The van der Waals surface area contributed by atoms with Crippen molar-refractivity contribution in [1.29, 1.82) is 0 Å². The van der Waals surface area contributed by atoms with Gasteiger partial charge in [-0.15, -0.1) is 0 Å². The van der Waals surface area contributed by atoms with Crippen LogP contribution in [0.1, 0.15) is 45.1 Å². The first-order chi connectivity index (χ1) is 17.5. The summed E-state index contributed by atoms with van der Waals surface area (Å²) in [6, 6.07) is 5.98. The fraction of sp³-hybridized carbons (Fsp3) is 0.357. The average molecular weight is 525 g/mol. The summed E-state index contributed by atoms with van der Waals surface area (Å²) in [6.45, 7) is 4.46. The Morgan fingerprint density at radius 2 is 1.32 bits per heavy atom. The number of aliphatic hydroxyl groups is 1. The first-order valence-corrected chi connectivity index (χ1v) is 11.9. The summed E-state index contributed by atoms with van der Waals surface area (Å²) in [5.74, 6) is -10.5. The number of benzene rings is 3. The Hall–Kier alpha value is -2.88. The zero-order valence-electron chi connectivity index (χ0n) is 20.3. The molecule has 1 aliphatic rings. The SMILES string of the molecule is CCCCCC1(C)COC(O)(c2ccc(-c3cc(F)c(-c4cc(F)c(F)c(F)c4)c(F)c3)c(F)c2)OC1. The molecule has 3 nitrogen and oxygen atoms in total. The molecule has 37 heavy (non-hydrogen) atoms. The molecule has 0 amide bonds. The van der Waals surface area contributed by atoms with Crippen molar-refractivity contribution < 1.29 is 40.9 Å². The Morgan fingerprint density at radius 3 is 1.86 bits per heavy atom. The average Bonchev–Trinajstić information content (AvgIpc) is 2.84. The lowest BCUT2D eigenvalue weighted by atomic mass is 9.85. The second kappa shape index (κ2) is 10.5. The van der Waals surface area contributed by atoms with Crippen LogP contribution in [0.4, 0.5) is 26.3 Å². The zero-order valence-corrected chi connectivity index (χ0v) is 20.3. The van der Waals surface area contributed by atoms with Crippen LogP contribution in [0.3, 0.4) is 0 Å². The van der Waals surface area contributed by atoms with Crippen molar-refractivity contribution >= 4 is 0 Å². The molecule has 0 spiro atoms. The maximum absolute atomic E-state index is 15.0. The third kappa shape index (κ3) is 5.54. The van der Waals surface area contributed by atoms with Gasteiger partial charge in [-0.1, -0.05) is 45.2 Å². The standard InChI is InChI=1S/C28H26F6O3/c1-3-4-5-8-27(2)14-36-28(35,37-15-27)18-6-7-19(20(29)13-18)16-9-21(30)25(22(31)10-16)17-11-23(32)26(34)24(33)12-17/h6-7,9-13,35H,3-5,8,14-15H2,1-2H3. The highest BCUT2D eigenvalue weighted by Crippen LogP contribution is 2.39. The molecule has 0 bridgehead atoms. The minimum Gasteiger partial charge on any atom is -0.339 e. The lowest BCUT2D eigenvalue weighted by Crippen LogP contribution is -2.46. The summed E-state index contributed by atoms with van der Waals surface area (Å²) in [4.78, 5) is 0. The van der Waals surface area contributed by atoms with Gasteiger partial charge in [0.1, 0.15) is 17.5 Å². The second-order valence-corrected chi connectivity index (χ2v) is 9.69. The topological polar surface area (TPSA) is 38.7 Å². The highest BCUT2D eigenvalue weighted by molar-refractivity contribution is 5.72. The first kappa shape index (κ1) is 27.2. The van der Waals surface area contributed by atoms with Crippen LogP contribution in [0.15, 0.2) is 42.5 Å². The van der Waals surface area contributed by atoms with Gasteiger partial charge in [0.05, 0.1) is 18.8 Å². The highest BCUT2D eigenvalue weighted by atomic mass is 19.2. The molecule has 1 N–H and O–H groups in total. The summed E-state index contributed by atoms with van der Waals surface area (Å²) in [5.41, 5.74) is -2.07. The van der Waals surface area contributed by atoms with E-state index >= 15 is 4.39 Å². The molecular formula is C28H26F6O3. The Balaban J connectivity index is 1.58. The van der Waals surface area contributed by atoms with E-state index in [4.69, 9.17) is 9.47 Å². The van der Waals surface area contributed by atoms with Crippen molar-refractivity contribution in [1.82, 2.24) is 0 Å². The van der Waals surface area contributed by atoms with Gasteiger partial charge in [0.25, 0.3) is 0 Å². The van der Waals surface area contributed by atoms with Gasteiger partial charge in [0, 0.05) is 16.5 Å². The van der Waals surface area contributed by atoms with Crippen LogP contribution in [-0.4, -0.2) is 18.3 Å². The molecule has 0 unspecified atom stereocenters. The van der Waals surface area contributed by atoms with Crippen molar-refractivity contribution in [3.63, 3.8) is 0 Å². The molecule has 198 valence electrons. The van der Waals surface area contributed by atoms with E-state index in [1.165, 1.54) is 12.1 Å². The molecule has 0 radical (unpaired) electrons. The van der Waals surface area contributed by atoms with E-state index in [1.54, 1.807) is 0 Å². The third-order valence-electron chi connectivity index (χ3n) is 6.58. The molecule has 0 atom stereocenters. The van der Waals surface area contributed by atoms with Crippen molar-refractivity contribution in [3.05, 3.63) is 82.9 Å². The lowest BCUT2D eigenvalue weighted by Gasteiger charge is -2.42. The van der Waals surface area contributed by atoms with Gasteiger partial charge < -0.3 is 14.6 Å². The van der Waals surface area contributed by atoms with Crippen molar-refractivity contribution in [2.75, 3.05) is 13.2 Å². The van der Waals surface area contributed by atoms with Crippen LogP contribution in [0.5, 0.6) is 0 Å². The van der Waals surface area contributed by atoms with E-state index in [0.717, 1.165) is 43.9 Å². The molecule has 1 saturated heterocycles. The van der Waals surface area contributed by atoms with Gasteiger partial charge in [-0.05, 0) is 47.9 Å². The molecule has 3 aromatic rings. The minimum absolute atomic E-state index is 0.0285. The van der Waals surface area contributed by atoms with Crippen LogP contribution in [0.25, 0.3) is 22.3 Å². The van der Waals surface area contributed by atoms with Crippen LogP contribution < -0.4 is 0 Å². The van der Waals surface area contributed by atoms with Gasteiger partial charge >= 0.3 is 5.97 Å². The quantitative estimate of drug-likeness (QED) is 0.197. The van der Waals surface area contributed by atoms with Gasteiger partial charge in [0.2, 0.25) is 0 Å². The monoisotopic (exact) mass is 524 g/mol. The first-order valence-electron chi connectivity index (χ1n) is 11.9. The van der Waals surface area contributed by atoms with Gasteiger partial charge in [-0.3, -0.25) is 0 Å². The number of hydrogen-bond donors (Lipinski definition) is 1. The van der Waals surface area contributed by atoms with Crippen LogP contribution in [0, 0.1) is 40.3 Å². The van der Waals surface area contributed by atoms with E-state index < -0.39 is 52.0 Å². The fourth-order valence-corrected chi connectivity index (χ4v) is 4.39. The molecule has 0 aliphatic carbocycles. The Labute approximate surface area is 210 Å². The van der Waals surface area contributed by atoms with Crippen molar-refractivity contribution in [2.24, 2.45) is 5.41 Å². The summed E-state index contributed by atoms with van der Waals surface area (Å²) in [6.07, 6.45) is 3.95. The molecule has 9 heteroatoms. The van der Waals surface area contributed by atoms with E-state index in [-0.39, 0.29) is 35.3 Å². The van der Waals surface area contributed by atoms with E-state index in [9.17, 15) is 27.1 Å². The number of halogens is 6. The predicted molar refractivity (Wildman–Crippen MR) is 125 cm³/mol. The zero-order chi connectivity index (χ0) is 27.0. The second-order valence-electron chi connectivity index (χ2n) is 9.69. The maximum Gasteiger partial charge on any atom is 0.309 e. The van der Waals surface area contributed by atoms with E-state index in [0.29, 0.717) is 12.1 Å². The molecule has 0 saturated carbocycles. The molecule has 0 aromatic heterocycles. The normalized spacial score (nSPS) is 21.9. The van der Waals surface area contributed by atoms with Gasteiger partial charge in [-0.2, -0.15) is 0 Å². The summed E-state index contributed by atoms with van der Waals surface area (Å²) in [7, 11) is 0. The molecule has 3 aromatic carbocycles. The van der Waals surface area contributed by atoms with Crippen molar-refractivity contribution in [3.8, 4) is 22.3 Å². The molecule has 1 aliphatic heterocycles. The molecular weight excluding hydrogens is 498 g/mol. The number of hydrogen-bond acceptors (Lipinski definition) is 3. The molecule has 4 rings (SSSR count). The van der Waals surface area contributed by atoms with Crippen molar-refractivity contribution in [2.45, 2.75) is 45.5 Å². The smallest absolute Gasteiger partial charge is 0.309 e. The number of ether oxygens (including phenoxy) is 2. The van der Waals surface area contributed by atoms with Crippen LogP contribution >= 0.6 is 0 Å².